The molecule has 1 aromatic rings. The Kier molecular flexibility index (Phi) is 3.85. The van der Waals surface area contributed by atoms with E-state index in [9.17, 15) is 13.6 Å². The normalized spacial score (nSPS) is 10.2. The highest BCUT2D eigenvalue weighted by Crippen LogP contribution is 2.36. The maximum Gasteiger partial charge on any atom is 0.387 e. The lowest BCUT2D eigenvalue weighted by molar-refractivity contribution is -0.0511. The lowest BCUT2D eigenvalue weighted by Gasteiger charge is -2.11. The van der Waals surface area contributed by atoms with E-state index >= 15 is 0 Å². The fourth-order valence-electron chi connectivity index (χ4n) is 1.01. The Balaban J connectivity index is 3.18. The number of benzene rings is 1. The van der Waals surface area contributed by atoms with Crippen LogP contribution in [0.5, 0.6) is 11.5 Å². The van der Waals surface area contributed by atoms with Crippen LogP contribution in [0.3, 0.4) is 0 Å². The lowest BCUT2D eigenvalue weighted by atomic mass is 10.2. The molecule has 0 amide bonds. The van der Waals surface area contributed by atoms with Crippen molar-refractivity contribution < 1.29 is 23.0 Å². The minimum atomic E-state index is -3.00. The van der Waals surface area contributed by atoms with Gasteiger partial charge in [-0.3, -0.25) is 4.79 Å². The van der Waals surface area contributed by atoms with Gasteiger partial charge in [0.15, 0.2) is 11.5 Å². The molecule has 0 bridgehead atoms. The third kappa shape index (κ3) is 2.79. The van der Waals surface area contributed by atoms with Gasteiger partial charge in [0, 0.05) is 5.56 Å². The molecule has 0 aliphatic carbocycles. The second-order valence-electron chi connectivity index (χ2n) is 2.53. The third-order valence-electron chi connectivity index (χ3n) is 1.59. The van der Waals surface area contributed by atoms with E-state index in [1.807, 2.05) is 0 Å². The van der Waals surface area contributed by atoms with Gasteiger partial charge in [0.1, 0.15) is 6.29 Å². The van der Waals surface area contributed by atoms with E-state index in [0.717, 1.165) is 0 Å². The van der Waals surface area contributed by atoms with E-state index in [0.29, 0.717) is 6.29 Å². The standard InChI is InChI=1S/C9H7ClF2O3/c1-14-7-3-5(4-13)2-6(10)8(7)15-9(11)12/h2-4,9H,1H3. The molecule has 6 heteroatoms. The van der Waals surface area contributed by atoms with Crippen molar-refractivity contribution in [3.8, 4) is 11.5 Å². The lowest BCUT2D eigenvalue weighted by Crippen LogP contribution is -2.04. The molecule has 0 unspecified atom stereocenters. The van der Waals surface area contributed by atoms with Crippen LogP contribution in [0.4, 0.5) is 8.78 Å². The Morgan fingerprint density at radius 1 is 1.47 bits per heavy atom. The van der Waals surface area contributed by atoms with Gasteiger partial charge in [-0.05, 0) is 12.1 Å². The van der Waals surface area contributed by atoms with Gasteiger partial charge in [-0.1, -0.05) is 11.6 Å². The molecule has 0 fully saturated rings. The first kappa shape index (κ1) is 11.7. The number of methoxy groups -OCH3 is 1. The fourth-order valence-corrected chi connectivity index (χ4v) is 1.27. The van der Waals surface area contributed by atoms with Crippen LogP contribution in [0.2, 0.25) is 5.02 Å². The van der Waals surface area contributed by atoms with Gasteiger partial charge in [-0.25, -0.2) is 0 Å². The SMILES string of the molecule is COc1cc(C=O)cc(Cl)c1OC(F)F. The van der Waals surface area contributed by atoms with Crippen molar-refractivity contribution in [2.75, 3.05) is 7.11 Å². The summed E-state index contributed by atoms with van der Waals surface area (Å²) >= 11 is 5.64. The molecule has 0 radical (unpaired) electrons. The van der Waals surface area contributed by atoms with Crippen LogP contribution >= 0.6 is 11.6 Å². The number of rotatable bonds is 4. The fraction of sp³-hybridized carbons (Fsp3) is 0.222. The van der Waals surface area contributed by atoms with Gasteiger partial charge in [-0.15, -0.1) is 0 Å². The molecule has 0 spiro atoms. The van der Waals surface area contributed by atoms with Crippen LogP contribution in [0.15, 0.2) is 12.1 Å². The zero-order valence-electron chi connectivity index (χ0n) is 7.67. The first-order chi connectivity index (χ1) is 7.08. The molecule has 1 rings (SSSR count). The Bertz CT molecular complexity index is 369. The van der Waals surface area contributed by atoms with Crippen molar-refractivity contribution in [3.05, 3.63) is 22.7 Å². The van der Waals surface area contributed by atoms with E-state index < -0.39 is 6.61 Å². The summed E-state index contributed by atoms with van der Waals surface area (Å²) in [5.41, 5.74) is 0.221. The predicted octanol–water partition coefficient (Wildman–Crippen LogP) is 2.76. The molecular weight excluding hydrogens is 230 g/mol. The number of hydrogen-bond donors (Lipinski definition) is 0. The second kappa shape index (κ2) is 4.93. The Hall–Kier alpha value is -1.36. The Morgan fingerprint density at radius 3 is 2.60 bits per heavy atom. The predicted molar refractivity (Wildman–Crippen MR) is 50.0 cm³/mol. The summed E-state index contributed by atoms with van der Waals surface area (Å²) < 4.78 is 32.9. The quantitative estimate of drug-likeness (QED) is 0.754. The highest BCUT2D eigenvalue weighted by molar-refractivity contribution is 6.32. The molecule has 0 N–H and O–H groups in total. The van der Waals surface area contributed by atoms with Crippen molar-refractivity contribution in [2.45, 2.75) is 6.61 Å². The summed E-state index contributed by atoms with van der Waals surface area (Å²) in [5, 5.41) is -0.100. The van der Waals surface area contributed by atoms with E-state index in [1.165, 1.54) is 19.2 Å². The highest BCUT2D eigenvalue weighted by atomic mass is 35.5. The molecule has 0 saturated heterocycles. The molecule has 0 atom stereocenters. The molecule has 0 aliphatic rings. The van der Waals surface area contributed by atoms with Gasteiger partial charge >= 0.3 is 6.61 Å². The summed E-state index contributed by atoms with van der Waals surface area (Å²) in [4.78, 5) is 10.5. The number of hydrogen-bond acceptors (Lipinski definition) is 3. The first-order valence-corrected chi connectivity index (χ1v) is 4.23. The highest BCUT2D eigenvalue weighted by Gasteiger charge is 2.15. The van der Waals surface area contributed by atoms with E-state index in [1.54, 1.807) is 0 Å². The van der Waals surface area contributed by atoms with Gasteiger partial charge in [0.25, 0.3) is 0 Å². The number of halogens is 3. The number of carbonyl (C=O) groups is 1. The Labute approximate surface area is 89.5 Å². The molecule has 1 aromatic carbocycles. The van der Waals surface area contributed by atoms with Crippen molar-refractivity contribution in [1.29, 1.82) is 0 Å². The van der Waals surface area contributed by atoms with Crippen molar-refractivity contribution >= 4 is 17.9 Å². The number of aldehydes is 1. The number of carbonyl (C=O) groups excluding carboxylic acids is 1. The zero-order valence-corrected chi connectivity index (χ0v) is 8.42. The van der Waals surface area contributed by atoms with E-state index in [2.05, 4.69) is 4.74 Å². The number of alkyl halides is 2. The third-order valence-corrected chi connectivity index (χ3v) is 1.88. The van der Waals surface area contributed by atoms with Gasteiger partial charge in [0.2, 0.25) is 0 Å². The number of ether oxygens (including phenoxy) is 2. The maximum absolute atomic E-state index is 12.0. The van der Waals surface area contributed by atoms with E-state index in [-0.39, 0.29) is 22.1 Å². The van der Waals surface area contributed by atoms with Gasteiger partial charge in [0.05, 0.1) is 12.1 Å². The zero-order chi connectivity index (χ0) is 11.4. The summed E-state index contributed by atoms with van der Waals surface area (Å²) in [6.07, 6.45) is 0.528. The van der Waals surface area contributed by atoms with Crippen LogP contribution in [-0.4, -0.2) is 20.0 Å². The molecule has 82 valence electrons. The molecule has 0 aliphatic heterocycles. The van der Waals surface area contributed by atoms with Crippen LogP contribution in [0.1, 0.15) is 10.4 Å². The van der Waals surface area contributed by atoms with Crippen LogP contribution in [-0.2, 0) is 0 Å². The molecule has 3 nitrogen and oxygen atoms in total. The molecule has 0 heterocycles. The van der Waals surface area contributed by atoms with Gasteiger partial charge in [-0.2, -0.15) is 8.78 Å². The first-order valence-electron chi connectivity index (χ1n) is 3.86. The molecule has 0 aromatic heterocycles. The topological polar surface area (TPSA) is 35.5 Å². The summed E-state index contributed by atoms with van der Waals surface area (Å²) in [5.74, 6) is -0.287. The largest absolute Gasteiger partial charge is 0.493 e. The second-order valence-corrected chi connectivity index (χ2v) is 2.94. The van der Waals surface area contributed by atoms with Crippen molar-refractivity contribution in [1.82, 2.24) is 0 Å². The molecule has 0 saturated carbocycles. The monoisotopic (exact) mass is 236 g/mol. The van der Waals surface area contributed by atoms with Crippen LogP contribution in [0, 0.1) is 0 Å². The van der Waals surface area contributed by atoms with Crippen LogP contribution < -0.4 is 9.47 Å². The average molecular weight is 237 g/mol. The molecular formula is C9H7ClF2O3. The van der Waals surface area contributed by atoms with Gasteiger partial charge < -0.3 is 9.47 Å². The van der Waals surface area contributed by atoms with Crippen molar-refractivity contribution in [2.24, 2.45) is 0 Å². The smallest absolute Gasteiger partial charge is 0.387 e. The minimum absolute atomic E-state index is 0.00935. The summed E-state index contributed by atoms with van der Waals surface area (Å²) in [6.45, 7) is -3.00. The van der Waals surface area contributed by atoms with Crippen LogP contribution in [0.25, 0.3) is 0 Å². The summed E-state index contributed by atoms with van der Waals surface area (Å²) in [6, 6.07) is 2.48. The van der Waals surface area contributed by atoms with E-state index in [4.69, 9.17) is 16.3 Å². The summed E-state index contributed by atoms with van der Waals surface area (Å²) in [7, 11) is 1.26. The maximum atomic E-state index is 12.0. The van der Waals surface area contributed by atoms with Crippen molar-refractivity contribution in [3.63, 3.8) is 0 Å². The Morgan fingerprint density at radius 2 is 2.13 bits per heavy atom. The molecule has 15 heavy (non-hydrogen) atoms. The minimum Gasteiger partial charge on any atom is -0.493 e. The average Bonchev–Trinajstić information content (AvgIpc) is 2.20.